The van der Waals surface area contributed by atoms with Gasteiger partial charge in [0.1, 0.15) is 18.7 Å². The summed E-state index contributed by atoms with van der Waals surface area (Å²) in [6.07, 6.45) is 0. The predicted octanol–water partition coefficient (Wildman–Crippen LogP) is 3.52. The number of aromatic nitrogens is 3. The van der Waals surface area contributed by atoms with Gasteiger partial charge in [-0.1, -0.05) is 30.0 Å². The summed E-state index contributed by atoms with van der Waals surface area (Å²) in [6.45, 7) is 2.86. The van der Waals surface area contributed by atoms with Crippen LogP contribution < -0.4 is 20.3 Å². The number of aromatic amines is 1. The van der Waals surface area contributed by atoms with Gasteiger partial charge < -0.3 is 19.8 Å². The molecule has 162 valence electrons. The van der Waals surface area contributed by atoms with E-state index in [-0.39, 0.29) is 17.2 Å². The lowest BCUT2D eigenvalue weighted by Gasteiger charge is -2.19. The highest BCUT2D eigenvalue weighted by Crippen LogP contribution is 2.32. The smallest absolute Gasteiger partial charge is 0.283 e. The first-order valence-electron chi connectivity index (χ1n) is 10.1. The van der Waals surface area contributed by atoms with Gasteiger partial charge in [-0.3, -0.25) is 14.2 Å². The lowest BCUT2D eigenvalue weighted by Crippen LogP contribution is -2.23. The highest BCUT2D eigenvalue weighted by Gasteiger charge is 2.17. The summed E-state index contributed by atoms with van der Waals surface area (Å²) < 4.78 is 12.6. The van der Waals surface area contributed by atoms with Crippen LogP contribution in [-0.4, -0.2) is 39.4 Å². The largest absolute Gasteiger partial charge is 0.486 e. The molecule has 0 bridgehead atoms. The summed E-state index contributed by atoms with van der Waals surface area (Å²) >= 11 is 1.21. The third-order valence-corrected chi connectivity index (χ3v) is 5.87. The summed E-state index contributed by atoms with van der Waals surface area (Å²) in [7, 11) is 0. The molecule has 0 unspecified atom stereocenters. The van der Waals surface area contributed by atoms with Gasteiger partial charge in [0.15, 0.2) is 16.7 Å². The Balaban J connectivity index is 1.40. The highest BCUT2D eigenvalue weighted by molar-refractivity contribution is 7.99. The van der Waals surface area contributed by atoms with Gasteiger partial charge in [-0.15, -0.1) is 0 Å². The molecule has 1 amide bonds. The normalized spacial score (nSPS) is 12.7. The Kier molecular flexibility index (Phi) is 5.32. The van der Waals surface area contributed by atoms with Crippen LogP contribution in [0.15, 0.2) is 64.5 Å². The van der Waals surface area contributed by atoms with E-state index in [0.717, 1.165) is 5.69 Å². The summed E-state index contributed by atoms with van der Waals surface area (Å²) in [5, 5.41) is 3.31. The number of carbonyl (C=O) groups excluding carboxylic acids is 1. The summed E-state index contributed by atoms with van der Waals surface area (Å²) in [5.74, 6) is 1.14. The molecule has 1 aliphatic rings. The third-order valence-electron chi connectivity index (χ3n) is 4.93. The molecule has 0 atom stereocenters. The van der Waals surface area contributed by atoms with Crippen molar-refractivity contribution in [3.63, 3.8) is 0 Å². The van der Waals surface area contributed by atoms with Crippen molar-refractivity contribution in [2.24, 2.45) is 0 Å². The lowest BCUT2D eigenvalue weighted by molar-refractivity contribution is -0.113. The minimum Gasteiger partial charge on any atom is -0.486 e. The van der Waals surface area contributed by atoms with Gasteiger partial charge in [-0.05, 0) is 37.3 Å². The number of H-pyrrole nitrogens is 1. The van der Waals surface area contributed by atoms with Crippen LogP contribution in [0.25, 0.3) is 16.7 Å². The van der Waals surface area contributed by atoms with Crippen LogP contribution in [0.3, 0.4) is 0 Å². The fourth-order valence-corrected chi connectivity index (χ4v) is 4.34. The molecule has 2 aromatic carbocycles. The zero-order valence-corrected chi connectivity index (χ0v) is 18.1. The van der Waals surface area contributed by atoms with Gasteiger partial charge in [0.25, 0.3) is 5.56 Å². The zero-order chi connectivity index (χ0) is 22.1. The predicted molar refractivity (Wildman–Crippen MR) is 123 cm³/mol. The molecule has 0 aliphatic carbocycles. The minimum atomic E-state index is -0.217. The van der Waals surface area contributed by atoms with Crippen molar-refractivity contribution in [2.45, 2.75) is 12.1 Å². The number of carbonyl (C=O) groups is 1. The van der Waals surface area contributed by atoms with Crippen LogP contribution >= 0.6 is 11.8 Å². The summed E-state index contributed by atoms with van der Waals surface area (Å²) in [6, 6.07) is 16.4. The molecule has 0 spiro atoms. The molecule has 1 aliphatic heterocycles. The first kappa shape index (κ1) is 20.2. The van der Waals surface area contributed by atoms with Crippen molar-refractivity contribution in [1.82, 2.24) is 14.5 Å². The van der Waals surface area contributed by atoms with Crippen LogP contribution in [0.5, 0.6) is 11.5 Å². The number of amides is 1. The number of rotatable bonds is 5. The SMILES string of the molecule is Cc1cc2nc(SCC(=O)Nc3ccc4c(c3)OCCO4)n(-c3ccccc3)c(=O)c2[nH]1. The molecule has 0 saturated carbocycles. The molecule has 0 fully saturated rings. The van der Waals surface area contributed by atoms with E-state index in [1.54, 1.807) is 18.2 Å². The fraction of sp³-hybridized carbons (Fsp3) is 0.174. The van der Waals surface area contributed by atoms with Crippen molar-refractivity contribution >= 4 is 34.4 Å². The second kappa shape index (κ2) is 8.43. The van der Waals surface area contributed by atoms with E-state index in [1.807, 2.05) is 43.3 Å². The molecule has 0 saturated heterocycles. The Hall–Kier alpha value is -3.72. The van der Waals surface area contributed by atoms with Gasteiger partial charge >= 0.3 is 0 Å². The monoisotopic (exact) mass is 448 g/mol. The van der Waals surface area contributed by atoms with Crippen LogP contribution in [0.4, 0.5) is 5.69 Å². The number of nitrogens with one attached hydrogen (secondary N) is 2. The number of fused-ring (bicyclic) bond motifs is 2. The second-order valence-electron chi connectivity index (χ2n) is 7.28. The molecule has 5 rings (SSSR count). The third kappa shape index (κ3) is 3.94. The first-order valence-corrected chi connectivity index (χ1v) is 11.1. The number of thioether (sulfide) groups is 1. The second-order valence-corrected chi connectivity index (χ2v) is 8.22. The van der Waals surface area contributed by atoms with Crippen molar-refractivity contribution in [3.05, 3.63) is 70.6 Å². The van der Waals surface area contributed by atoms with Gasteiger partial charge in [0.05, 0.1) is 17.0 Å². The number of para-hydroxylation sites is 1. The molecular weight excluding hydrogens is 428 g/mol. The van der Waals surface area contributed by atoms with Gasteiger partial charge in [-0.25, -0.2) is 4.98 Å². The standard InChI is InChI=1S/C23H20N4O4S/c1-14-11-17-21(24-14)22(29)27(16-5-3-2-4-6-16)23(26-17)32-13-20(28)25-15-7-8-18-19(12-15)31-10-9-30-18/h2-8,11-12,24H,9-10,13H2,1H3,(H,25,28). The Bertz CT molecular complexity index is 1360. The lowest BCUT2D eigenvalue weighted by atomic mass is 10.2. The number of nitrogens with zero attached hydrogens (tertiary/aromatic N) is 2. The maximum absolute atomic E-state index is 13.2. The summed E-state index contributed by atoms with van der Waals surface area (Å²) in [4.78, 5) is 33.5. The molecule has 9 heteroatoms. The van der Waals surface area contributed by atoms with E-state index in [9.17, 15) is 9.59 Å². The average Bonchev–Trinajstić information content (AvgIpc) is 3.19. The summed E-state index contributed by atoms with van der Waals surface area (Å²) in [5.41, 5.74) is 2.97. The molecule has 2 N–H and O–H groups in total. The Labute approximate surface area is 187 Å². The maximum atomic E-state index is 13.2. The van der Waals surface area contributed by atoms with Crippen molar-refractivity contribution in [3.8, 4) is 17.2 Å². The molecule has 32 heavy (non-hydrogen) atoms. The average molecular weight is 449 g/mol. The minimum absolute atomic E-state index is 0.0859. The molecular formula is C23H20N4O4S. The molecule has 2 aromatic heterocycles. The number of anilines is 1. The highest BCUT2D eigenvalue weighted by atomic mass is 32.2. The number of hydrogen-bond acceptors (Lipinski definition) is 6. The van der Waals surface area contributed by atoms with Gasteiger partial charge in [-0.2, -0.15) is 0 Å². The van der Waals surface area contributed by atoms with E-state index in [2.05, 4.69) is 15.3 Å². The Morgan fingerprint density at radius 2 is 1.91 bits per heavy atom. The Morgan fingerprint density at radius 1 is 1.12 bits per heavy atom. The van der Waals surface area contributed by atoms with E-state index < -0.39 is 0 Å². The van der Waals surface area contributed by atoms with Gasteiger partial charge in [0.2, 0.25) is 5.91 Å². The molecule has 8 nitrogen and oxygen atoms in total. The van der Waals surface area contributed by atoms with Crippen molar-refractivity contribution in [2.75, 3.05) is 24.3 Å². The van der Waals surface area contributed by atoms with Crippen LogP contribution in [0.1, 0.15) is 5.69 Å². The molecule has 3 heterocycles. The molecule has 4 aromatic rings. The van der Waals surface area contributed by atoms with E-state index in [0.29, 0.717) is 52.3 Å². The topological polar surface area (TPSA) is 98.2 Å². The van der Waals surface area contributed by atoms with Crippen LogP contribution in [-0.2, 0) is 4.79 Å². The number of ether oxygens (including phenoxy) is 2. The maximum Gasteiger partial charge on any atom is 0.283 e. The fourth-order valence-electron chi connectivity index (χ4n) is 3.53. The van der Waals surface area contributed by atoms with E-state index in [4.69, 9.17) is 9.47 Å². The van der Waals surface area contributed by atoms with E-state index >= 15 is 0 Å². The molecule has 0 radical (unpaired) electrons. The number of benzene rings is 2. The zero-order valence-electron chi connectivity index (χ0n) is 17.3. The number of hydrogen-bond donors (Lipinski definition) is 2. The number of aryl methyl sites for hydroxylation is 1. The quantitative estimate of drug-likeness (QED) is 0.358. The van der Waals surface area contributed by atoms with Crippen LogP contribution in [0, 0.1) is 6.92 Å². The van der Waals surface area contributed by atoms with Gasteiger partial charge in [0, 0.05) is 17.4 Å². The van der Waals surface area contributed by atoms with Crippen LogP contribution in [0.2, 0.25) is 0 Å². The Morgan fingerprint density at radius 3 is 2.72 bits per heavy atom. The van der Waals surface area contributed by atoms with E-state index in [1.165, 1.54) is 16.3 Å². The van der Waals surface area contributed by atoms with Crippen molar-refractivity contribution < 1.29 is 14.3 Å². The van der Waals surface area contributed by atoms with Crippen molar-refractivity contribution in [1.29, 1.82) is 0 Å². The first-order chi connectivity index (χ1) is 15.6.